The zero-order valence-electron chi connectivity index (χ0n) is 19.3. The summed E-state index contributed by atoms with van der Waals surface area (Å²) in [6, 6.07) is 13.1. The van der Waals surface area contributed by atoms with Crippen LogP contribution in [0.1, 0.15) is 22.8 Å². The second-order valence-corrected chi connectivity index (χ2v) is 11.2. The van der Waals surface area contributed by atoms with E-state index < -0.39 is 0 Å². The normalized spacial score (nSPS) is 32.1. The molecular formula is C24H32Br4N6. The fraction of sp³-hybridized carbons (Fsp3) is 0.583. The van der Waals surface area contributed by atoms with E-state index in [1.54, 1.807) is 0 Å². The third-order valence-electron chi connectivity index (χ3n) is 8.42. The molecule has 186 valence electrons. The smallest absolute Gasteiger partial charge is 0.214 e. The molecule has 6 nitrogen and oxygen atoms in total. The Bertz CT molecular complexity index is 931. The lowest BCUT2D eigenvalue weighted by Crippen LogP contribution is -3.00. The van der Waals surface area contributed by atoms with Gasteiger partial charge in [0.2, 0.25) is 12.3 Å². The maximum Gasteiger partial charge on any atom is 0.214 e. The van der Waals surface area contributed by atoms with Gasteiger partial charge in [-0.15, -0.1) is 0 Å². The van der Waals surface area contributed by atoms with E-state index >= 15 is 0 Å². The van der Waals surface area contributed by atoms with Gasteiger partial charge in [0.05, 0.1) is 75.1 Å². The van der Waals surface area contributed by atoms with Crippen LogP contribution in [0.15, 0.2) is 36.4 Å². The van der Waals surface area contributed by atoms with Crippen molar-refractivity contribution >= 4 is 31.9 Å². The summed E-state index contributed by atoms with van der Waals surface area (Å²) in [5, 5.41) is 1.65. The van der Waals surface area contributed by atoms with Crippen molar-refractivity contribution in [2.45, 2.75) is 36.1 Å². The molecule has 0 aliphatic carbocycles. The van der Waals surface area contributed by atoms with Crippen LogP contribution in [-0.4, -0.2) is 93.4 Å². The van der Waals surface area contributed by atoms with E-state index in [4.69, 9.17) is 9.97 Å². The molecule has 4 aliphatic rings. The molecule has 2 atom stereocenters. The molecule has 34 heavy (non-hydrogen) atoms. The summed E-state index contributed by atoms with van der Waals surface area (Å²) in [4.78, 5) is 15.6. The monoisotopic (exact) mass is 720 g/mol. The molecule has 2 unspecified atom stereocenters. The van der Waals surface area contributed by atoms with E-state index in [1.807, 2.05) is 0 Å². The number of piperazine rings is 2. The lowest BCUT2D eigenvalue weighted by molar-refractivity contribution is -1.04. The minimum Gasteiger partial charge on any atom is -1.00 e. The van der Waals surface area contributed by atoms with E-state index in [0.29, 0.717) is 12.3 Å². The predicted octanol–water partition coefficient (Wildman–Crippen LogP) is -3.08. The fourth-order valence-electron chi connectivity index (χ4n) is 6.98. The van der Waals surface area contributed by atoms with Crippen LogP contribution >= 0.6 is 31.9 Å². The summed E-state index contributed by atoms with van der Waals surface area (Å²) in [6.45, 7) is 12.0. The molecule has 2 aromatic heterocycles. The van der Waals surface area contributed by atoms with Gasteiger partial charge in [0.15, 0.2) is 0 Å². The second kappa shape index (κ2) is 10.8. The zero-order chi connectivity index (χ0) is 21.8. The highest BCUT2D eigenvalue weighted by Gasteiger charge is 2.67. The number of aromatic nitrogens is 2. The van der Waals surface area contributed by atoms with E-state index in [0.717, 1.165) is 35.1 Å². The molecule has 6 heterocycles. The molecule has 4 aliphatic heterocycles. The van der Waals surface area contributed by atoms with Crippen molar-refractivity contribution in [3.8, 4) is 0 Å². The quantitative estimate of drug-likeness (QED) is 0.234. The van der Waals surface area contributed by atoms with Gasteiger partial charge in [-0.1, -0.05) is 44.0 Å². The van der Waals surface area contributed by atoms with Crippen LogP contribution in [0.3, 0.4) is 0 Å². The first-order valence-electron chi connectivity index (χ1n) is 11.9. The Balaban J connectivity index is 0.00000137. The van der Waals surface area contributed by atoms with Crippen LogP contribution in [0.4, 0.5) is 0 Å². The predicted molar refractivity (Wildman–Crippen MR) is 132 cm³/mol. The summed E-state index contributed by atoms with van der Waals surface area (Å²) < 4.78 is 2.38. The summed E-state index contributed by atoms with van der Waals surface area (Å²) in [5.41, 5.74) is 4.79. The highest BCUT2D eigenvalue weighted by atomic mass is 79.9. The van der Waals surface area contributed by atoms with Crippen molar-refractivity contribution in [1.82, 2.24) is 19.8 Å². The topological polar surface area (TPSA) is 32.3 Å². The summed E-state index contributed by atoms with van der Waals surface area (Å²) >= 11 is 7.18. The number of rotatable bonds is 6. The maximum atomic E-state index is 4.98. The molecule has 2 aromatic rings. The Morgan fingerprint density at radius 3 is 1.35 bits per heavy atom. The zero-order valence-corrected chi connectivity index (χ0v) is 25.6. The van der Waals surface area contributed by atoms with E-state index in [1.165, 1.54) is 72.7 Å². The van der Waals surface area contributed by atoms with Crippen LogP contribution in [0.2, 0.25) is 0 Å². The SMILES string of the molecule is BrCc1cccc(C[N+]23CCN4CC[N+]5(Cc6cccc(CBr)n6)CCN(CC2)C5C43)n1.[Br-].[Br-]. The first-order chi connectivity index (χ1) is 15.6. The van der Waals surface area contributed by atoms with Crippen molar-refractivity contribution in [1.29, 1.82) is 0 Å². The Hall–Kier alpha value is 0.0600. The molecule has 0 bridgehead atoms. The van der Waals surface area contributed by atoms with Gasteiger partial charge >= 0.3 is 0 Å². The first-order valence-corrected chi connectivity index (χ1v) is 14.1. The molecule has 4 saturated heterocycles. The van der Waals surface area contributed by atoms with Crippen LogP contribution in [-0.2, 0) is 23.7 Å². The Kier molecular flexibility index (Phi) is 8.62. The summed E-state index contributed by atoms with van der Waals surface area (Å²) in [7, 11) is 0. The van der Waals surface area contributed by atoms with Crippen LogP contribution < -0.4 is 34.0 Å². The van der Waals surface area contributed by atoms with E-state index in [-0.39, 0.29) is 34.0 Å². The van der Waals surface area contributed by atoms with Gasteiger partial charge in [0.25, 0.3) is 0 Å². The minimum absolute atomic E-state index is 0. The van der Waals surface area contributed by atoms with E-state index in [9.17, 15) is 0 Å². The molecule has 0 radical (unpaired) electrons. The molecular weight excluding hydrogens is 692 g/mol. The van der Waals surface area contributed by atoms with Gasteiger partial charge < -0.3 is 34.0 Å². The third-order valence-corrected chi connectivity index (χ3v) is 9.57. The third kappa shape index (κ3) is 4.59. The Morgan fingerprint density at radius 2 is 1.00 bits per heavy atom. The van der Waals surface area contributed by atoms with Gasteiger partial charge in [-0.05, 0) is 24.3 Å². The number of hydrogen-bond donors (Lipinski definition) is 0. The van der Waals surface area contributed by atoms with Crippen molar-refractivity contribution in [3.63, 3.8) is 0 Å². The highest BCUT2D eigenvalue weighted by Crippen LogP contribution is 2.44. The molecule has 0 aromatic carbocycles. The number of quaternary nitrogens is 2. The van der Waals surface area contributed by atoms with Crippen molar-refractivity contribution in [3.05, 3.63) is 59.2 Å². The van der Waals surface area contributed by atoms with Gasteiger partial charge in [-0.2, -0.15) is 0 Å². The molecule has 4 fully saturated rings. The van der Waals surface area contributed by atoms with Crippen LogP contribution in [0, 0.1) is 0 Å². The molecule has 10 heteroatoms. The van der Waals surface area contributed by atoms with Gasteiger partial charge in [-0.25, -0.2) is 9.80 Å². The van der Waals surface area contributed by atoms with Crippen LogP contribution in [0.25, 0.3) is 0 Å². The van der Waals surface area contributed by atoms with Gasteiger partial charge in [0.1, 0.15) is 13.1 Å². The first kappa shape index (κ1) is 27.1. The van der Waals surface area contributed by atoms with Crippen molar-refractivity contribution < 1.29 is 42.9 Å². The number of alkyl halides is 2. The largest absolute Gasteiger partial charge is 1.00 e. The van der Waals surface area contributed by atoms with Crippen molar-refractivity contribution in [2.75, 3.05) is 52.4 Å². The average Bonchev–Trinajstić information content (AvgIpc) is 3.37. The van der Waals surface area contributed by atoms with Gasteiger partial charge in [0, 0.05) is 10.7 Å². The molecule has 0 saturated carbocycles. The Labute approximate surface area is 240 Å². The Morgan fingerprint density at radius 1 is 0.647 bits per heavy atom. The fourth-order valence-corrected chi connectivity index (χ4v) is 7.61. The molecule has 0 spiro atoms. The average molecular weight is 724 g/mol. The number of hydrogen-bond acceptors (Lipinski definition) is 4. The summed E-state index contributed by atoms with van der Waals surface area (Å²) in [6.07, 6.45) is 1.16. The second-order valence-electron chi connectivity index (χ2n) is 10.1. The van der Waals surface area contributed by atoms with E-state index in [2.05, 4.69) is 78.1 Å². The maximum absolute atomic E-state index is 4.98. The number of halogens is 4. The minimum atomic E-state index is 0. The molecule has 0 amide bonds. The standard InChI is InChI=1S/C24H32Br2N6.2BrH/c25-15-19-3-1-5-21(27-19)17-31-11-7-29-10-14-32(18-22-6-2-4-20(16-26)28-22)12-8-30(9-13-31)24(32)23(29)31;;/h1-6,23-24H,7-18H2;2*1H/q+2;;/p-2. The number of pyridine rings is 2. The molecule has 6 rings (SSSR count). The summed E-state index contributed by atoms with van der Waals surface area (Å²) in [5.74, 6) is 0. The number of nitrogens with zero attached hydrogens (tertiary/aromatic N) is 6. The molecule has 0 N–H and O–H groups in total. The van der Waals surface area contributed by atoms with Crippen molar-refractivity contribution in [2.24, 2.45) is 0 Å². The van der Waals surface area contributed by atoms with Crippen LogP contribution in [0.5, 0.6) is 0 Å². The van der Waals surface area contributed by atoms with Gasteiger partial charge in [-0.3, -0.25) is 18.9 Å². The highest BCUT2D eigenvalue weighted by molar-refractivity contribution is 9.08. The lowest BCUT2D eigenvalue weighted by Gasteiger charge is -2.56. The lowest BCUT2D eigenvalue weighted by atomic mass is 10.0.